The van der Waals surface area contributed by atoms with E-state index in [1.165, 1.54) is 17.4 Å². The van der Waals surface area contributed by atoms with E-state index in [-0.39, 0.29) is 18.6 Å². The number of para-hydroxylation sites is 1. The molecule has 158 valence electrons. The standard InChI is InChI=1S/C22H21F3N2O2S/c1-14(2)27(3)21(28)18-13-30-20(26-18)17-9-4-5-10-19(17)29-12-15-7-6-8-16(11-15)22(23,24)25/h4-11,13-14H,12H2,1-3H3. The van der Waals surface area contributed by atoms with Gasteiger partial charge < -0.3 is 9.64 Å². The number of thiazole rings is 1. The van der Waals surface area contributed by atoms with Crippen LogP contribution in [0.3, 0.4) is 0 Å². The number of hydrogen-bond acceptors (Lipinski definition) is 4. The lowest BCUT2D eigenvalue weighted by molar-refractivity contribution is -0.137. The largest absolute Gasteiger partial charge is 0.488 e. The van der Waals surface area contributed by atoms with Gasteiger partial charge in [0.15, 0.2) is 0 Å². The van der Waals surface area contributed by atoms with Gasteiger partial charge in [-0.1, -0.05) is 24.3 Å². The van der Waals surface area contributed by atoms with Gasteiger partial charge in [0.05, 0.1) is 11.1 Å². The van der Waals surface area contributed by atoms with E-state index in [4.69, 9.17) is 4.74 Å². The maximum absolute atomic E-state index is 12.9. The highest BCUT2D eigenvalue weighted by molar-refractivity contribution is 7.13. The van der Waals surface area contributed by atoms with E-state index in [9.17, 15) is 18.0 Å². The van der Waals surface area contributed by atoms with Crippen LogP contribution in [0.25, 0.3) is 10.6 Å². The van der Waals surface area contributed by atoms with Crippen molar-refractivity contribution in [2.75, 3.05) is 7.05 Å². The van der Waals surface area contributed by atoms with Gasteiger partial charge in [0.1, 0.15) is 23.1 Å². The van der Waals surface area contributed by atoms with Gasteiger partial charge >= 0.3 is 6.18 Å². The highest BCUT2D eigenvalue weighted by Gasteiger charge is 2.30. The SMILES string of the molecule is CC(C)N(C)C(=O)c1csc(-c2ccccc2OCc2cccc(C(F)(F)F)c2)n1. The van der Waals surface area contributed by atoms with Gasteiger partial charge in [-0.05, 0) is 43.7 Å². The second-order valence-corrected chi connectivity index (χ2v) is 7.89. The number of carbonyl (C=O) groups is 1. The second kappa shape index (κ2) is 8.87. The second-order valence-electron chi connectivity index (χ2n) is 7.03. The molecule has 0 N–H and O–H groups in total. The van der Waals surface area contributed by atoms with Gasteiger partial charge in [0, 0.05) is 18.5 Å². The van der Waals surface area contributed by atoms with Crippen LogP contribution in [0.15, 0.2) is 53.9 Å². The van der Waals surface area contributed by atoms with Crippen molar-refractivity contribution in [3.05, 3.63) is 70.7 Å². The number of hydrogen-bond donors (Lipinski definition) is 0. The fraction of sp³-hybridized carbons (Fsp3) is 0.273. The maximum atomic E-state index is 12.9. The Labute approximate surface area is 176 Å². The Morgan fingerprint density at radius 1 is 1.17 bits per heavy atom. The smallest absolute Gasteiger partial charge is 0.416 e. The summed E-state index contributed by atoms with van der Waals surface area (Å²) >= 11 is 1.31. The summed E-state index contributed by atoms with van der Waals surface area (Å²) in [6.45, 7) is 3.82. The zero-order chi connectivity index (χ0) is 21.9. The van der Waals surface area contributed by atoms with E-state index < -0.39 is 11.7 Å². The predicted octanol–water partition coefficient (Wildman–Crippen LogP) is 5.89. The molecule has 0 saturated heterocycles. The molecule has 0 fully saturated rings. The molecule has 1 amide bonds. The molecule has 0 aliphatic heterocycles. The number of benzene rings is 2. The first-order chi connectivity index (χ1) is 14.2. The van der Waals surface area contributed by atoms with Crippen LogP contribution in [0, 0.1) is 0 Å². The summed E-state index contributed by atoms with van der Waals surface area (Å²) in [5.41, 5.74) is 0.724. The minimum absolute atomic E-state index is 0.0197. The number of nitrogens with zero attached hydrogens (tertiary/aromatic N) is 2. The zero-order valence-corrected chi connectivity index (χ0v) is 17.6. The van der Waals surface area contributed by atoms with Crippen LogP contribution in [-0.4, -0.2) is 28.9 Å². The van der Waals surface area contributed by atoms with E-state index in [2.05, 4.69) is 4.98 Å². The summed E-state index contributed by atoms with van der Waals surface area (Å²) in [6.07, 6.45) is -4.40. The third-order valence-corrected chi connectivity index (χ3v) is 5.46. The summed E-state index contributed by atoms with van der Waals surface area (Å²) in [5, 5.41) is 2.30. The third kappa shape index (κ3) is 4.99. The number of aromatic nitrogens is 1. The molecule has 1 heterocycles. The molecule has 2 aromatic carbocycles. The van der Waals surface area contributed by atoms with Crippen molar-refractivity contribution < 1.29 is 22.7 Å². The van der Waals surface area contributed by atoms with Crippen LogP contribution in [0.1, 0.15) is 35.5 Å². The van der Waals surface area contributed by atoms with Gasteiger partial charge in [0.2, 0.25) is 0 Å². The topological polar surface area (TPSA) is 42.4 Å². The number of carbonyl (C=O) groups excluding carboxylic acids is 1. The summed E-state index contributed by atoms with van der Waals surface area (Å²) in [4.78, 5) is 18.5. The molecule has 0 aliphatic rings. The molecule has 3 aromatic rings. The molecule has 30 heavy (non-hydrogen) atoms. The molecule has 0 aliphatic carbocycles. The van der Waals surface area contributed by atoms with Crippen molar-refractivity contribution in [1.82, 2.24) is 9.88 Å². The number of alkyl halides is 3. The predicted molar refractivity (Wildman–Crippen MR) is 111 cm³/mol. The van der Waals surface area contributed by atoms with Gasteiger partial charge in [-0.2, -0.15) is 13.2 Å². The molecule has 0 bridgehead atoms. The highest BCUT2D eigenvalue weighted by atomic mass is 32.1. The number of amides is 1. The Bertz CT molecular complexity index is 1030. The molecular weight excluding hydrogens is 413 g/mol. The maximum Gasteiger partial charge on any atom is 0.416 e. The lowest BCUT2D eigenvalue weighted by Crippen LogP contribution is -2.33. The van der Waals surface area contributed by atoms with Crippen LogP contribution >= 0.6 is 11.3 Å². The average Bonchev–Trinajstić information content (AvgIpc) is 3.21. The molecule has 8 heteroatoms. The molecule has 0 unspecified atom stereocenters. The first-order valence-corrected chi connectivity index (χ1v) is 10.2. The lowest BCUT2D eigenvalue weighted by atomic mass is 10.1. The van der Waals surface area contributed by atoms with Crippen molar-refractivity contribution in [1.29, 1.82) is 0 Å². The van der Waals surface area contributed by atoms with Gasteiger partial charge in [-0.15, -0.1) is 11.3 Å². The Balaban J connectivity index is 1.80. The molecule has 0 radical (unpaired) electrons. The number of ether oxygens (including phenoxy) is 1. The fourth-order valence-corrected chi connectivity index (χ4v) is 3.50. The summed E-state index contributed by atoms with van der Waals surface area (Å²) in [7, 11) is 1.72. The van der Waals surface area contributed by atoms with Gasteiger partial charge in [-0.3, -0.25) is 4.79 Å². The molecule has 3 rings (SSSR count). The van der Waals surface area contributed by atoms with E-state index in [0.717, 1.165) is 12.1 Å². The molecule has 1 aromatic heterocycles. The zero-order valence-electron chi connectivity index (χ0n) is 16.7. The van der Waals surface area contributed by atoms with E-state index in [1.54, 1.807) is 41.6 Å². The Kier molecular flexibility index (Phi) is 6.45. The minimum atomic E-state index is -4.40. The van der Waals surface area contributed by atoms with Crippen molar-refractivity contribution in [2.24, 2.45) is 0 Å². The van der Waals surface area contributed by atoms with E-state index >= 15 is 0 Å². The van der Waals surface area contributed by atoms with Crippen molar-refractivity contribution in [3.63, 3.8) is 0 Å². The lowest BCUT2D eigenvalue weighted by Gasteiger charge is -2.20. The van der Waals surface area contributed by atoms with Crippen molar-refractivity contribution in [3.8, 4) is 16.3 Å². The summed E-state index contributed by atoms with van der Waals surface area (Å²) in [5.74, 6) is 0.315. The number of halogens is 3. The van der Waals surface area contributed by atoms with Crippen molar-refractivity contribution in [2.45, 2.75) is 32.7 Å². The Hall–Kier alpha value is -2.87. The van der Waals surface area contributed by atoms with Gasteiger partial charge in [-0.25, -0.2) is 4.98 Å². The van der Waals surface area contributed by atoms with Gasteiger partial charge in [0.25, 0.3) is 5.91 Å². The first kappa shape index (κ1) is 21.8. The molecule has 0 atom stereocenters. The van der Waals surface area contributed by atoms with Crippen LogP contribution in [0.5, 0.6) is 5.75 Å². The highest BCUT2D eigenvalue weighted by Crippen LogP contribution is 2.34. The third-order valence-electron chi connectivity index (χ3n) is 4.58. The van der Waals surface area contributed by atoms with Crippen LogP contribution in [0.4, 0.5) is 13.2 Å². The Morgan fingerprint density at radius 3 is 2.60 bits per heavy atom. The Morgan fingerprint density at radius 2 is 1.90 bits per heavy atom. The molecule has 4 nitrogen and oxygen atoms in total. The van der Waals surface area contributed by atoms with Crippen LogP contribution in [-0.2, 0) is 12.8 Å². The van der Waals surface area contributed by atoms with Crippen LogP contribution in [0.2, 0.25) is 0 Å². The van der Waals surface area contributed by atoms with E-state index in [1.807, 2.05) is 19.9 Å². The first-order valence-electron chi connectivity index (χ1n) is 9.28. The molecule has 0 spiro atoms. The summed E-state index contributed by atoms with van der Waals surface area (Å²) < 4.78 is 44.5. The average molecular weight is 434 g/mol. The monoisotopic (exact) mass is 434 g/mol. The fourth-order valence-electron chi connectivity index (χ4n) is 2.68. The van der Waals surface area contributed by atoms with E-state index in [0.29, 0.717) is 27.6 Å². The summed E-state index contributed by atoms with van der Waals surface area (Å²) in [6, 6.07) is 12.2. The quantitative estimate of drug-likeness (QED) is 0.486. The minimum Gasteiger partial charge on any atom is -0.488 e. The van der Waals surface area contributed by atoms with Crippen molar-refractivity contribution >= 4 is 17.2 Å². The molecular formula is C22H21F3N2O2S. The number of rotatable bonds is 6. The molecule has 0 saturated carbocycles. The normalized spacial score (nSPS) is 11.6. The van der Waals surface area contributed by atoms with Crippen LogP contribution < -0.4 is 4.74 Å².